The SMILES string of the molecule is Cc1ccccc1-c1nocc1NC(=O)c1cnn2ccc(N)nc12.Cc1ccccc1/C=N/O. The summed E-state index contributed by atoms with van der Waals surface area (Å²) in [5.74, 6) is -0.0567. The van der Waals surface area contributed by atoms with E-state index in [0.717, 1.165) is 22.3 Å². The number of benzene rings is 2. The van der Waals surface area contributed by atoms with Gasteiger partial charge in [0, 0.05) is 11.8 Å². The lowest BCUT2D eigenvalue weighted by molar-refractivity contribution is 0.102. The summed E-state index contributed by atoms with van der Waals surface area (Å²) in [4.78, 5) is 16.8. The Labute approximate surface area is 200 Å². The van der Waals surface area contributed by atoms with Gasteiger partial charge in [-0.25, -0.2) is 9.50 Å². The average Bonchev–Trinajstić information content (AvgIpc) is 3.48. The van der Waals surface area contributed by atoms with E-state index in [1.807, 2.05) is 62.4 Å². The molecule has 35 heavy (non-hydrogen) atoms. The Morgan fingerprint density at radius 2 is 1.86 bits per heavy atom. The molecular weight excluding hydrogens is 446 g/mol. The molecule has 2 aromatic carbocycles. The van der Waals surface area contributed by atoms with Crippen molar-refractivity contribution in [1.29, 1.82) is 0 Å². The van der Waals surface area contributed by atoms with Crippen LogP contribution in [0.1, 0.15) is 27.0 Å². The van der Waals surface area contributed by atoms with E-state index < -0.39 is 0 Å². The molecule has 176 valence electrons. The summed E-state index contributed by atoms with van der Waals surface area (Å²) in [6.07, 6.45) is 5.91. The van der Waals surface area contributed by atoms with Crippen molar-refractivity contribution in [2.45, 2.75) is 13.8 Å². The van der Waals surface area contributed by atoms with Crippen LogP contribution in [-0.2, 0) is 0 Å². The van der Waals surface area contributed by atoms with Crippen LogP contribution < -0.4 is 11.1 Å². The number of fused-ring (bicyclic) bond motifs is 1. The Morgan fingerprint density at radius 3 is 2.60 bits per heavy atom. The number of hydrogen-bond donors (Lipinski definition) is 3. The van der Waals surface area contributed by atoms with Crippen LogP contribution in [0.3, 0.4) is 0 Å². The highest BCUT2D eigenvalue weighted by Gasteiger charge is 2.19. The third kappa shape index (κ3) is 5.17. The predicted molar refractivity (Wildman–Crippen MR) is 133 cm³/mol. The molecule has 4 N–H and O–H groups in total. The van der Waals surface area contributed by atoms with Gasteiger partial charge in [-0.15, -0.1) is 0 Å². The van der Waals surface area contributed by atoms with Crippen molar-refractivity contribution in [2.75, 3.05) is 11.1 Å². The molecule has 0 saturated heterocycles. The number of amides is 1. The van der Waals surface area contributed by atoms with E-state index in [0.29, 0.717) is 28.4 Å². The molecule has 3 heterocycles. The summed E-state index contributed by atoms with van der Waals surface area (Å²) >= 11 is 0. The summed E-state index contributed by atoms with van der Waals surface area (Å²) < 4.78 is 6.55. The third-order valence-electron chi connectivity index (χ3n) is 5.24. The summed E-state index contributed by atoms with van der Waals surface area (Å²) in [6, 6.07) is 17.1. The second-order valence-corrected chi connectivity index (χ2v) is 7.63. The van der Waals surface area contributed by atoms with E-state index in [4.69, 9.17) is 15.5 Å². The molecule has 0 aliphatic rings. The largest absolute Gasteiger partial charge is 0.411 e. The van der Waals surface area contributed by atoms with Gasteiger partial charge in [-0.2, -0.15) is 5.10 Å². The van der Waals surface area contributed by atoms with E-state index in [1.54, 1.807) is 12.3 Å². The van der Waals surface area contributed by atoms with Crippen LogP contribution in [0.4, 0.5) is 11.5 Å². The highest BCUT2D eigenvalue weighted by molar-refractivity contribution is 6.09. The Morgan fingerprint density at radius 1 is 1.11 bits per heavy atom. The zero-order valence-corrected chi connectivity index (χ0v) is 19.1. The first-order valence-corrected chi connectivity index (χ1v) is 10.6. The Kier molecular flexibility index (Phi) is 6.82. The van der Waals surface area contributed by atoms with Gasteiger partial charge in [-0.1, -0.05) is 58.8 Å². The van der Waals surface area contributed by atoms with Crippen LogP contribution in [0.2, 0.25) is 0 Å². The van der Waals surface area contributed by atoms with E-state index in [1.165, 1.54) is 23.2 Å². The topological polar surface area (TPSA) is 144 Å². The minimum atomic E-state index is -0.369. The van der Waals surface area contributed by atoms with Crippen LogP contribution in [0.5, 0.6) is 0 Å². The molecule has 0 atom stereocenters. The van der Waals surface area contributed by atoms with Gasteiger partial charge >= 0.3 is 0 Å². The summed E-state index contributed by atoms with van der Waals surface area (Å²) in [6.45, 7) is 3.94. The maximum Gasteiger partial charge on any atom is 0.261 e. The summed E-state index contributed by atoms with van der Waals surface area (Å²) in [7, 11) is 0. The molecule has 1 amide bonds. The summed E-state index contributed by atoms with van der Waals surface area (Å²) in [5.41, 5.74) is 11.4. The molecule has 10 heteroatoms. The Hall–Kier alpha value is -4.99. The number of aromatic nitrogens is 4. The maximum absolute atomic E-state index is 12.7. The van der Waals surface area contributed by atoms with E-state index in [9.17, 15) is 4.79 Å². The second-order valence-electron chi connectivity index (χ2n) is 7.63. The third-order valence-corrected chi connectivity index (χ3v) is 5.24. The molecule has 0 fully saturated rings. The fourth-order valence-corrected chi connectivity index (χ4v) is 3.38. The van der Waals surface area contributed by atoms with Crippen molar-refractivity contribution in [2.24, 2.45) is 5.16 Å². The van der Waals surface area contributed by atoms with Crippen LogP contribution in [0.25, 0.3) is 16.9 Å². The second kappa shape index (κ2) is 10.3. The van der Waals surface area contributed by atoms with Gasteiger partial charge in [-0.3, -0.25) is 4.79 Å². The number of aryl methyl sites for hydroxylation is 2. The molecule has 5 aromatic rings. The molecule has 0 bridgehead atoms. The van der Waals surface area contributed by atoms with Gasteiger partial charge in [0.15, 0.2) is 5.65 Å². The monoisotopic (exact) mass is 469 g/mol. The Bertz CT molecular complexity index is 1500. The molecule has 0 aliphatic heterocycles. The Balaban J connectivity index is 0.000000243. The molecule has 0 unspecified atom stereocenters. The molecule has 5 rings (SSSR count). The molecule has 10 nitrogen and oxygen atoms in total. The zero-order valence-electron chi connectivity index (χ0n) is 19.1. The number of nitrogen functional groups attached to an aromatic ring is 1. The van der Waals surface area contributed by atoms with Gasteiger partial charge < -0.3 is 20.8 Å². The van der Waals surface area contributed by atoms with Crippen LogP contribution in [0, 0.1) is 13.8 Å². The minimum absolute atomic E-state index is 0.309. The lowest BCUT2D eigenvalue weighted by atomic mass is 10.1. The van der Waals surface area contributed by atoms with Gasteiger partial charge in [-0.05, 0) is 36.6 Å². The molecule has 0 spiro atoms. The smallest absolute Gasteiger partial charge is 0.261 e. The number of hydrogen-bond acceptors (Lipinski definition) is 8. The highest BCUT2D eigenvalue weighted by Crippen LogP contribution is 2.29. The fraction of sp³-hybridized carbons (Fsp3) is 0.0800. The van der Waals surface area contributed by atoms with E-state index in [-0.39, 0.29) is 5.91 Å². The number of rotatable bonds is 4. The normalized spacial score (nSPS) is 10.8. The van der Waals surface area contributed by atoms with Crippen molar-refractivity contribution in [3.8, 4) is 11.3 Å². The molecule has 0 saturated carbocycles. The minimum Gasteiger partial charge on any atom is -0.411 e. The van der Waals surface area contributed by atoms with Gasteiger partial charge in [0.2, 0.25) is 0 Å². The standard InChI is InChI=1S/C17H14N6O2.C8H9NO/c1-10-4-2-3-5-11(10)15-13(9-25-22-15)20-17(24)12-8-19-23-7-6-14(18)21-16(12)23;1-7-4-2-3-5-8(7)6-9-10/h2-9H,1H3,(H2,18,21)(H,20,24);2-6,10H,1H3/b;9-6+. The van der Waals surface area contributed by atoms with E-state index in [2.05, 4.69) is 25.7 Å². The highest BCUT2D eigenvalue weighted by atomic mass is 16.5. The van der Waals surface area contributed by atoms with Crippen molar-refractivity contribution >= 4 is 29.3 Å². The lowest BCUT2D eigenvalue weighted by Gasteiger charge is -2.06. The molecule has 3 aromatic heterocycles. The van der Waals surface area contributed by atoms with Crippen LogP contribution in [0.15, 0.2) is 82.9 Å². The van der Waals surface area contributed by atoms with E-state index >= 15 is 0 Å². The summed E-state index contributed by atoms with van der Waals surface area (Å²) in [5, 5.41) is 22.1. The molecular formula is C25H23N7O3. The zero-order chi connectivity index (χ0) is 24.8. The van der Waals surface area contributed by atoms with Gasteiger partial charge in [0.1, 0.15) is 29.0 Å². The van der Waals surface area contributed by atoms with Gasteiger partial charge in [0.25, 0.3) is 5.91 Å². The number of anilines is 2. The number of oxime groups is 1. The average molecular weight is 470 g/mol. The van der Waals surface area contributed by atoms with Crippen LogP contribution >= 0.6 is 0 Å². The number of carbonyl (C=O) groups excluding carboxylic acids is 1. The van der Waals surface area contributed by atoms with Crippen molar-refractivity contribution in [1.82, 2.24) is 19.8 Å². The maximum atomic E-state index is 12.7. The van der Waals surface area contributed by atoms with Crippen molar-refractivity contribution in [3.63, 3.8) is 0 Å². The van der Waals surface area contributed by atoms with Gasteiger partial charge in [0.05, 0.1) is 12.4 Å². The van der Waals surface area contributed by atoms with Crippen LogP contribution in [-0.4, -0.2) is 37.1 Å². The predicted octanol–water partition coefficient (Wildman–Crippen LogP) is 4.33. The first kappa shape index (κ1) is 23.2. The lowest BCUT2D eigenvalue weighted by Crippen LogP contribution is -2.12. The number of nitrogens with two attached hydrogens (primary N) is 1. The molecule has 0 radical (unpaired) electrons. The fourth-order valence-electron chi connectivity index (χ4n) is 3.38. The number of nitrogens with one attached hydrogen (secondary N) is 1. The number of carbonyl (C=O) groups is 1. The first-order chi connectivity index (χ1) is 17.0. The van der Waals surface area contributed by atoms with Crippen molar-refractivity contribution in [3.05, 3.63) is 95.5 Å². The quantitative estimate of drug-likeness (QED) is 0.202. The number of nitrogens with zero attached hydrogens (tertiary/aromatic N) is 5. The van der Waals surface area contributed by atoms with Crippen molar-refractivity contribution < 1.29 is 14.5 Å². The first-order valence-electron chi connectivity index (χ1n) is 10.6. The molecule has 0 aliphatic carbocycles.